The molecule has 0 bridgehead atoms. The van der Waals surface area contributed by atoms with Gasteiger partial charge in [-0.05, 0) is 52.9 Å². The van der Waals surface area contributed by atoms with E-state index in [4.69, 9.17) is 11.6 Å². The molecule has 1 aliphatic heterocycles. The van der Waals surface area contributed by atoms with Crippen molar-refractivity contribution in [3.8, 4) is 0 Å². The van der Waals surface area contributed by atoms with Crippen molar-refractivity contribution in [2.24, 2.45) is 0 Å². The fourth-order valence-corrected chi connectivity index (χ4v) is 5.85. The van der Waals surface area contributed by atoms with Crippen LogP contribution in [0.1, 0.15) is 44.6 Å². The highest BCUT2D eigenvalue weighted by Gasteiger charge is 2.33. The highest BCUT2D eigenvalue weighted by atomic mass is 79.9. The standard InChI is InChI=1S/C15H21BrClNO2S/c1-2-5-13-6-3-4-9-18(13)21(19,20)15-8-7-12(11-17)10-14(15)16/h7-8,10,13H,2-6,9,11H2,1H3. The summed E-state index contributed by atoms with van der Waals surface area (Å²) in [5.74, 6) is 0.376. The van der Waals surface area contributed by atoms with Gasteiger partial charge >= 0.3 is 0 Å². The van der Waals surface area contributed by atoms with Crippen molar-refractivity contribution >= 4 is 37.6 Å². The van der Waals surface area contributed by atoms with Crippen molar-refractivity contribution in [3.63, 3.8) is 0 Å². The molecule has 3 nitrogen and oxygen atoms in total. The van der Waals surface area contributed by atoms with Crippen molar-refractivity contribution in [2.45, 2.75) is 55.8 Å². The molecule has 0 radical (unpaired) electrons. The van der Waals surface area contributed by atoms with Crippen LogP contribution in [0.4, 0.5) is 0 Å². The Morgan fingerprint density at radius 3 is 2.76 bits per heavy atom. The fraction of sp³-hybridized carbons (Fsp3) is 0.600. The molecule has 0 saturated carbocycles. The number of hydrogen-bond acceptors (Lipinski definition) is 2. The first-order chi connectivity index (χ1) is 10.0. The number of alkyl halides is 1. The summed E-state index contributed by atoms with van der Waals surface area (Å²) in [4.78, 5) is 0.347. The maximum absolute atomic E-state index is 13.0. The summed E-state index contributed by atoms with van der Waals surface area (Å²) in [6.07, 6.45) is 4.95. The number of benzene rings is 1. The van der Waals surface area contributed by atoms with E-state index in [9.17, 15) is 8.42 Å². The van der Waals surface area contributed by atoms with Crippen molar-refractivity contribution in [2.75, 3.05) is 6.54 Å². The minimum Gasteiger partial charge on any atom is -0.207 e. The van der Waals surface area contributed by atoms with E-state index in [0.717, 1.165) is 37.7 Å². The van der Waals surface area contributed by atoms with Gasteiger partial charge in [-0.1, -0.05) is 25.8 Å². The molecule has 1 unspecified atom stereocenters. The topological polar surface area (TPSA) is 37.4 Å². The maximum atomic E-state index is 13.0. The normalized spacial score (nSPS) is 20.6. The molecule has 2 rings (SSSR count). The first-order valence-electron chi connectivity index (χ1n) is 7.37. The Kier molecular flexibility index (Phi) is 6.12. The molecule has 1 aliphatic rings. The Labute approximate surface area is 140 Å². The Morgan fingerprint density at radius 1 is 1.38 bits per heavy atom. The zero-order valence-corrected chi connectivity index (χ0v) is 15.3. The molecule has 1 saturated heterocycles. The van der Waals surface area contributed by atoms with Gasteiger partial charge in [-0.15, -0.1) is 11.6 Å². The number of nitrogens with zero attached hydrogens (tertiary/aromatic N) is 1. The van der Waals surface area contributed by atoms with Gasteiger partial charge < -0.3 is 0 Å². The molecule has 0 aromatic heterocycles. The molecule has 1 aromatic rings. The Hall–Kier alpha value is -0.100. The first kappa shape index (κ1) is 17.3. The van der Waals surface area contributed by atoms with Gasteiger partial charge in [0.1, 0.15) is 0 Å². The Morgan fingerprint density at radius 2 is 2.14 bits per heavy atom. The van der Waals surface area contributed by atoms with Crippen LogP contribution in [0, 0.1) is 0 Å². The summed E-state index contributed by atoms with van der Waals surface area (Å²) in [7, 11) is -3.45. The van der Waals surface area contributed by atoms with Crippen LogP contribution in [0.3, 0.4) is 0 Å². The molecule has 0 N–H and O–H groups in total. The van der Waals surface area contributed by atoms with Crippen LogP contribution < -0.4 is 0 Å². The molecule has 1 fully saturated rings. The highest BCUT2D eigenvalue weighted by Crippen LogP contribution is 2.32. The number of piperidine rings is 1. The van der Waals surface area contributed by atoms with E-state index in [0.29, 0.717) is 21.8 Å². The molecule has 1 atom stereocenters. The first-order valence-corrected chi connectivity index (χ1v) is 10.1. The van der Waals surface area contributed by atoms with Crippen LogP contribution in [0.15, 0.2) is 27.6 Å². The van der Waals surface area contributed by atoms with Crippen LogP contribution >= 0.6 is 27.5 Å². The van der Waals surface area contributed by atoms with E-state index in [1.807, 2.05) is 0 Å². The zero-order valence-electron chi connectivity index (χ0n) is 12.2. The third kappa shape index (κ3) is 3.81. The smallest absolute Gasteiger partial charge is 0.207 e. The number of hydrogen-bond donors (Lipinski definition) is 0. The van der Waals surface area contributed by atoms with E-state index in [-0.39, 0.29) is 6.04 Å². The maximum Gasteiger partial charge on any atom is 0.244 e. The predicted molar refractivity (Wildman–Crippen MR) is 90.1 cm³/mol. The number of rotatable bonds is 5. The average molecular weight is 395 g/mol. The van der Waals surface area contributed by atoms with E-state index >= 15 is 0 Å². The minimum atomic E-state index is -3.45. The lowest BCUT2D eigenvalue weighted by molar-refractivity contribution is 0.239. The van der Waals surface area contributed by atoms with Gasteiger partial charge in [0.05, 0.1) is 4.90 Å². The zero-order chi connectivity index (χ0) is 15.5. The summed E-state index contributed by atoms with van der Waals surface area (Å²) in [6.45, 7) is 2.72. The highest BCUT2D eigenvalue weighted by molar-refractivity contribution is 9.10. The van der Waals surface area contributed by atoms with Crippen molar-refractivity contribution in [3.05, 3.63) is 28.2 Å². The van der Waals surface area contributed by atoms with Crippen molar-refractivity contribution in [1.29, 1.82) is 0 Å². The molecule has 118 valence electrons. The largest absolute Gasteiger partial charge is 0.244 e. The van der Waals surface area contributed by atoms with E-state index in [1.54, 1.807) is 22.5 Å². The van der Waals surface area contributed by atoms with Gasteiger partial charge in [0.2, 0.25) is 10.0 Å². The lowest BCUT2D eigenvalue weighted by Crippen LogP contribution is -2.43. The number of sulfonamides is 1. The third-order valence-corrected chi connectivity index (χ3v) is 7.17. The monoisotopic (exact) mass is 393 g/mol. The van der Waals surface area contributed by atoms with Gasteiger partial charge in [0, 0.05) is 22.9 Å². The summed E-state index contributed by atoms with van der Waals surface area (Å²) in [5.41, 5.74) is 0.909. The van der Waals surface area contributed by atoms with Crippen molar-refractivity contribution < 1.29 is 8.42 Å². The SMILES string of the molecule is CCCC1CCCCN1S(=O)(=O)c1ccc(CCl)cc1Br. The summed E-state index contributed by atoms with van der Waals surface area (Å²) in [6, 6.07) is 5.37. The molecular formula is C15H21BrClNO2S. The van der Waals surface area contributed by atoms with Gasteiger partial charge in [0.25, 0.3) is 0 Å². The molecule has 0 amide bonds. The summed E-state index contributed by atoms with van der Waals surface area (Å²) >= 11 is 9.18. The third-order valence-electron chi connectivity index (χ3n) is 3.93. The van der Waals surface area contributed by atoms with Gasteiger partial charge in [0.15, 0.2) is 0 Å². The summed E-state index contributed by atoms with van der Waals surface area (Å²) < 4.78 is 28.2. The molecular weight excluding hydrogens is 374 g/mol. The second-order valence-corrected chi connectivity index (χ2v) is 8.43. The second kappa shape index (κ2) is 7.44. The summed E-state index contributed by atoms with van der Waals surface area (Å²) in [5, 5.41) is 0. The van der Waals surface area contributed by atoms with E-state index < -0.39 is 10.0 Å². The van der Waals surface area contributed by atoms with Crippen LogP contribution in [-0.2, 0) is 15.9 Å². The second-order valence-electron chi connectivity index (χ2n) is 5.45. The van der Waals surface area contributed by atoms with Gasteiger partial charge in [-0.3, -0.25) is 0 Å². The molecule has 1 heterocycles. The fourth-order valence-electron chi connectivity index (χ4n) is 2.88. The van der Waals surface area contributed by atoms with Crippen LogP contribution in [-0.4, -0.2) is 25.3 Å². The lowest BCUT2D eigenvalue weighted by Gasteiger charge is -2.34. The predicted octanol–water partition coefficient (Wildman–Crippen LogP) is 4.53. The Bertz CT molecular complexity index is 589. The van der Waals surface area contributed by atoms with Gasteiger partial charge in [-0.25, -0.2) is 8.42 Å². The molecule has 6 heteroatoms. The van der Waals surface area contributed by atoms with Crippen LogP contribution in [0.2, 0.25) is 0 Å². The quantitative estimate of drug-likeness (QED) is 0.688. The van der Waals surface area contributed by atoms with Crippen LogP contribution in [0.25, 0.3) is 0 Å². The minimum absolute atomic E-state index is 0.133. The Balaban J connectivity index is 2.35. The van der Waals surface area contributed by atoms with E-state index in [2.05, 4.69) is 22.9 Å². The van der Waals surface area contributed by atoms with Gasteiger partial charge in [-0.2, -0.15) is 4.31 Å². The molecule has 21 heavy (non-hydrogen) atoms. The molecule has 1 aromatic carbocycles. The van der Waals surface area contributed by atoms with Crippen molar-refractivity contribution in [1.82, 2.24) is 4.31 Å². The lowest BCUT2D eigenvalue weighted by atomic mass is 10.0. The average Bonchev–Trinajstić information content (AvgIpc) is 2.47. The van der Waals surface area contributed by atoms with E-state index in [1.165, 1.54) is 0 Å². The van der Waals surface area contributed by atoms with Crippen LogP contribution in [0.5, 0.6) is 0 Å². The molecule has 0 spiro atoms. The number of halogens is 2. The molecule has 0 aliphatic carbocycles.